The van der Waals surface area contributed by atoms with Gasteiger partial charge in [-0.3, -0.25) is 0 Å². The third-order valence-corrected chi connectivity index (χ3v) is 10.8. The lowest BCUT2D eigenvalue weighted by atomic mass is 9.97. The Balaban J connectivity index is 1.02. The summed E-state index contributed by atoms with van der Waals surface area (Å²) in [6, 6.07) is 15.6. The van der Waals surface area contributed by atoms with Gasteiger partial charge in [-0.1, -0.05) is 102 Å². The normalized spacial score (nSPS) is 23.6. The summed E-state index contributed by atoms with van der Waals surface area (Å²) in [6.07, 6.45) is 20.5. The first-order valence-electron chi connectivity index (χ1n) is 21.7. The van der Waals surface area contributed by atoms with Crippen LogP contribution < -0.4 is 4.74 Å². The molecule has 0 radical (unpaired) electrons. The molecule has 1 N–H and O–H groups in total. The van der Waals surface area contributed by atoms with E-state index in [0.717, 1.165) is 81.1 Å². The van der Waals surface area contributed by atoms with Crippen LogP contribution in [0.2, 0.25) is 0 Å². The van der Waals surface area contributed by atoms with Crippen LogP contribution in [0.5, 0.6) is 5.75 Å². The summed E-state index contributed by atoms with van der Waals surface area (Å²) in [6.45, 7) is 9.62. The molecule has 8 nitrogen and oxygen atoms in total. The van der Waals surface area contributed by atoms with Crippen molar-refractivity contribution in [2.45, 2.75) is 199 Å². The number of aliphatic hydroxyl groups excluding tert-OH is 1. The van der Waals surface area contributed by atoms with E-state index in [-0.39, 0.29) is 43.0 Å². The Kier molecular flexibility index (Phi) is 21.0. The fraction of sp³-hybridized carbons (Fsp3) is 0.717. The molecule has 0 bridgehead atoms. The van der Waals surface area contributed by atoms with Crippen LogP contribution in [0.3, 0.4) is 0 Å². The zero-order chi connectivity index (χ0) is 38.4. The van der Waals surface area contributed by atoms with Gasteiger partial charge in [-0.05, 0) is 107 Å². The first-order valence-corrected chi connectivity index (χ1v) is 21.7. The number of benzene rings is 2. The maximum Gasteiger partial charge on any atom is 0.338 e. The Hall–Kier alpha value is -2.49. The summed E-state index contributed by atoms with van der Waals surface area (Å²) in [4.78, 5) is 12.5. The molecule has 2 aromatic rings. The maximum atomic E-state index is 12.5. The molecule has 0 spiro atoms. The van der Waals surface area contributed by atoms with Gasteiger partial charge in [0.2, 0.25) is 0 Å². The molecule has 4 rings (SSSR count). The highest BCUT2D eigenvalue weighted by molar-refractivity contribution is 5.90. The molecular formula is C46H72O8. The van der Waals surface area contributed by atoms with Gasteiger partial charge in [-0.25, -0.2) is 4.79 Å². The lowest BCUT2D eigenvalue weighted by molar-refractivity contribution is -0.255. The van der Waals surface area contributed by atoms with E-state index in [2.05, 4.69) is 20.8 Å². The largest absolute Gasteiger partial charge is 0.494 e. The van der Waals surface area contributed by atoms with Crippen molar-refractivity contribution in [2.24, 2.45) is 0 Å². The second-order valence-electron chi connectivity index (χ2n) is 15.6. The average molecular weight is 753 g/mol. The summed E-state index contributed by atoms with van der Waals surface area (Å²) in [7, 11) is 0. The Bertz CT molecular complexity index is 1270. The van der Waals surface area contributed by atoms with Crippen molar-refractivity contribution in [3.8, 4) is 16.9 Å². The maximum absolute atomic E-state index is 12.5. The Morgan fingerprint density at radius 3 is 1.78 bits per heavy atom. The molecule has 2 aliphatic heterocycles. The van der Waals surface area contributed by atoms with Gasteiger partial charge in [0.05, 0.1) is 49.3 Å². The van der Waals surface area contributed by atoms with Crippen LogP contribution in [-0.4, -0.2) is 67.4 Å². The average Bonchev–Trinajstić information content (AvgIpc) is 3.17. The highest BCUT2D eigenvalue weighted by atomic mass is 16.7. The number of carbonyl (C=O) groups is 1. The SMILES string of the molecule is CCCCCCCC1OC(C)CC(CC(O)CC2CC(CC)OC(CCCCCCCCCCOC(=O)c3ccc(-c4ccc(OCC)cc4)cc3)O2)O1. The lowest BCUT2D eigenvalue weighted by Crippen LogP contribution is -2.41. The minimum absolute atomic E-state index is 0.0186. The van der Waals surface area contributed by atoms with Crippen LogP contribution in [0.1, 0.15) is 166 Å². The molecule has 2 saturated heterocycles. The summed E-state index contributed by atoms with van der Waals surface area (Å²) < 4.78 is 36.0. The molecule has 2 fully saturated rings. The lowest BCUT2D eigenvalue weighted by Gasteiger charge is -2.38. The number of esters is 1. The fourth-order valence-electron chi connectivity index (χ4n) is 7.74. The Morgan fingerprint density at radius 2 is 1.19 bits per heavy atom. The van der Waals surface area contributed by atoms with E-state index in [0.29, 0.717) is 31.6 Å². The van der Waals surface area contributed by atoms with E-state index in [4.69, 9.17) is 28.4 Å². The molecule has 0 aromatic heterocycles. The second-order valence-corrected chi connectivity index (χ2v) is 15.6. The van der Waals surface area contributed by atoms with Gasteiger partial charge in [-0.15, -0.1) is 0 Å². The van der Waals surface area contributed by atoms with Gasteiger partial charge >= 0.3 is 5.97 Å². The standard InChI is InChI=1S/C46H72O8/c1-5-8-9-14-17-20-44-51-35(4)31-42(53-44)32-39(47)33-43-34-40(6-2)52-45(54-43)21-18-15-12-10-11-13-16-19-30-50-46(48)38-24-22-36(23-25-38)37-26-28-41(29-27-37)49-7-3/h22-29,35,39-40,42-45,47H,5-21,30-34H2,1-4H3. The van der Waals surface area contributed by atoms with E-state index in [9.17, 15) is 9.90 Å². The third kappa shape index (κ3) is 16.7. The summed E-state index contributed by atoms with van der Waals surface area (Å²) in [5.74, 6) is 0.595. The van der Waals surface area contributed by atoms with Crippen molar-refractivity contribution in [3.63, 3.8) is 0 Å². The zero-order valence-electron chi connectivity index (χ0n) is 34.0. The van der Waals surface area contributed by atoms with Gasteiger partial charge < -0.3 is 33.5 Å². The van der Waals surface area contributed by atoms with Crippen molar-refractivity contribution in [1.82, 2.24) is 0 Å². The first-order chi connectivity index (χ1) is 26.4. The Labute approximate surface area is 327 Å². The predicted octanol–water partition coefficient (Wildman–Crippen LogP) is 11.4. The van der Waals surface area contributed by atoms with Crippen LogP contribution in [0, 0.1) is 0 Å². The molecule has 0 saturated carbocycles. The highest BCUT2D eigenvalue weighted by Gasteiger charge is 2.33. The topological polar surface area (TPSA) is 92.7 Å². The van der Waals surface area contributed by atoms with Crippen molar-refractivity contribution in [3.05, 3.63) is 54.1 Å². The molecule has 7 atom stereocenters. The molecule has 304 valence electrons. The molecular weight excluding hydrogens is 680 g/mol. The number of hydrogen-bond acceptors (Lipinski definition) is 8. The number of aliphatic hydroxyl groups is 1. The highest BCUT2D eigenvalue weighted by Crippen LogP contribution is 2.30. The smallest absolute Gasteiger partial charge is 0.338 e. The summed E-state index contributed by atoms with van der Waals surface area (Å²) in [5.41, 5.74) is 2.72. The van der Waals surface area contributed by atoms with E-state index < -0.39 is 6.10 Å². The van der Waals surface area contributed by atoms with Crippen molar-refractivity contribution in [2.75, 3.05) is 13.2 Å². The monoisotopic (exact) mass is 753 g/mol. The van der Waals surface area contributed by atoms with E-state index in [1.165, 1.54) is 51.4 Å². The van der Waals surface area contributed by atoms with Crippen molar-refractivity contribution in [1.29, 1.82) is 0 Å². The molecule has 7 unspecified atom stereocenters. The third-order valence-electron chi connectivity index (χ3n) is 10.8. The molecule has 2 aromatic carbocycles. The van der Waals surface area contributed by atoms with Crippen molar-refractivity contribution >= 4 is 5.97 Å². The fourth-order valence-corrected chi connectivity index (χ4v) is 7.74. The van der Waals surface area contributed by atoms with Gasteiger partial charge in [0.25, 0.3) is 0 Å². The van der Waals surface area contributed by atoms with Crippen LogP contribution in [0.25, 0.3) is 11.1 Å². The molecule has 8 heteroatoms. The zero-order valence-corrected chi connectivity index (χ0v) is 34.0. The number of rotatable bonds is 26. The van der Waals surface area contributed by atoms with E-state index >= 15 is 0 Å². The Morgan fingerprint density at radius 1 is 0.667 bits per heavy atom. The minimum Gasteiger partial charge on any atom is -0.494 e. The number of ether oxygens (including phenoxy) is 6. The van der Waals surface area contributed by atoms with E-state index in [1.54, 1.807) is 0 Å². The number of carbonyl (C=O) groups excluding carboxylic acids is 1. The summed E-state index contributed by atoms with van der Waals surface area (Å²) in [5, 5.41) is 11.1. The van der Waals surface area contributed by atoms with Crippen molar-refractivity contribution < 1.29 is 38.3 Å². The van der Waals surface area contributed by atoms with Crippen LogP contribution >= 0.6 is 0 Å². The van der Waals surface area contributed by atoms with Gasteiger partial charge in [-0.2, -0.15) is 0 Å². The molecule has 54 heavy (non-hydrogen) atoms. The predicted molar refractivity (Wildman–Crippen MR) is 216 cm³/mol. The van der Waals surface area contributed by atoms with E-state index in [1.807, 2.05) is 55.5 Å². The first kappa shape index (κ1) is 44.2. The van der Waals surface area contributed by atoms with Gasteiger partial charge in [0, 0.05) is 6.42 Å². The molecule has 0 amide bonds. The summed E-state index contributed by atoms with van der Waals surface area (Å²) >= 11 is 0. The van der Waals surface area contributed by atoms with Gasteiger partial charge in [0.1, 0.15) is 5.75 Å². The quantitative estimate of drug-likeness (QED) is 0.0750. The minimum atomic E-state index is -0.452. The van der Waals surface area contributed by atoms with Crippen LogP contribution in [-0.2, 0) is 23.7 Å². The number of hydrogen-bond donors (Lipinski definition) is 1. The van der Waals surface area contributed by atoms with Crippen LogP contribution in [0.4, 0.5) is 0 Å². The number of unbranched alkanes of at least 4 members (excludes halogenated alkanes) is 11. The molecule has 2 aliphatic rings. The molecule has 2 heterocycles. The van der Waals surface area contributed by atoms with Crippen LogP contribution in [0.15, 0.2) is 48.5 Å². The second kappa shape index (κ2) is 25.6. The van der Waals surface area contributed by atoms with Gasteiger partial charge in [0.15, 0.2) is 12.6 Å². The molecule has 0 aliphatic carbocycles.